The highest BCUT2D eigenvalue weighted by atomic mass is 16.1. The van der Waals surface area contributed by atoms with E-state index in [2.05, 4.69) is 15.2 Å². The second-order valence-corrected chi connectivity index (χ2v) is 5.25. The Kier molecular flexibility index (Phi) is 3.42. The number of carbonyl (C=O) groups is 1. The van der Waals surface area contributed by atoms with Crippen LogP contribution < -0.4 is 11.1 Å². The number of amides is 1. The Morgan fingerprint density at radius 1 is 1.60 bits per heavy atom. The van der Waals surface area contributed by atoms with E-state index in [1.807, 2.05) is 35.9 Å². The highest BCUT2D eigenvalue weighted by molar-refractivity contribution is 5.80. The van der Waals surface area contributed by atoms with Gasteiger partial charge in [-0.25, -0.2) is 4.98 Å². The SMILES string of the molecule is Cc1cccn2cc(CN3CCNCC3C(N)=O)nc12. The van der Waals surface area contributed by atoms with Gasteiger partial charge in [-0.05, 0) is 18.6 Å². The van der Waals surface area contributed by atoms with Crippen molar-refractivity contribution in [3.8, 4) is 0 Å². The summed E-state index contributed by atoms with van der Waals surface area (Å²) in [6.07, 6.45) is 4.00. The van der Waals surface area contributed by atoms with Crippen LogP contribution in [0.4, 0.5) is 0 Å². The van der Waals surface area contributed by atoms with Gasteiger partial charge in [-0.3, -0.25) is 9.69 Å². The van der Waals surface area contributed by atoms with Crippen LogP contribution in [0.5, 0.6) is 0 Å². The number of hydrogen-bond donors (Lipinski definition) is 2. The summed E-state index contributed by atoms with van der Waals surface area (Å²) in [5, 5.41) is 3.20. The number of aryl methyl sites for hydroxylation is 1. The van der Waals surface area contributed by atoms with Crippen LogP contribution in [0.1, 0.15) is 11.3 Å². The zero-order chi connectivity index (χ0) is 14.1. The molecule has 20 heavy (non-hydrogen) atoms. The number of fused-ring (bicyclic) bond motifs is 1. The molecule has 1 aliphatic rings. The molecule has 1 amide bonds. The molecule has 3 heterocycles. The van der Waals surface area contributed by atoms with Gasteiger partial charge in [0.25, 0.3) is 0 Å². The lowest BCUT2D eigenvalue weighted by atomic mass is 10.1. The van der Waals surface area contributed by atoms with Crippen LogP contribution >= 0.6 is 0 Å². The quantitative estimate of drug-likeness (QED) is 0.819. The van der Waals surface area contributed by atoms with Crippen molar-refractivity contribution in [2.75, 3.05) is 19.6 Å². The number of nitrogens with one attached hydrogen (secondary N) is 1. The van der Waals surface area contributed by atoms with E-state index in [9.17, 15) is 4.79 Å². The van der Waals surface area contributed by atoms with Gasteiger partial charge >= 0.3 is 0 Å². The van der Waals surface area contributed by atoms with Crippen LogP contribution in [-0.4, -0.2) is 45.9 Å². The highest BCUT2D eigenvalue weighted by Gasteiger charge is 2.27. The number of imidazole rings is 1. The Morgan fingerprint density at radius 3 is 3.20 bits per heavy atom. The molecule has 1 fully saturated rings. The molecule has 106 valence electrons. The Morgan fingerprint density at radius 2 is 2.45 bits per heavy atom. The third kappa shape index (κ3) is 2.39. The molecule has 0 saturated carbocycles. The number of rotatable bonds is 3. The van der Waals surface area contributed by atoms with E-state index in [0.717, 1.165) is 30.0 Å². The van der Waals surface area contributed by atoms with Crippen molar-refractivity contribution in [1.82, 2.24) is 19.6 Å². The molecule has 2 aromatic heterocycles. The lowest BCUT2D eigenvalue weighted by Gasteiger charge is -2.33. The van der Waals surface area contributed by atoms with Crippen molar-refractivity contribution in [3.63, 3.8) is 0 Å². The summed E-state index contributed by atoms with van der Waals surface area (Å²) in [5.74, 6) is -0.280. The van der Waals surface area contributed by atoms with Crippen molar-refractivity contribution in [1.29, 1.82) is 0 Å². The first-order valence-electron chi connectivity index (χ1n) is 6.82. The largest absolute Gasteiger partial charge is 0.368 e. The van der Waals surface area contributed by atoms with Crippen molar-refractivity contribution < 1.29 is 4.79 Å². The van der Waals surface area contributed by atoms with Crippen LogP contribution in [0.25, 0.3) is 5.65 Å². The molecule has 0 aliphatic carbocycles. The van der Waals surface area contributed by atoms with E-state index in [1.54, 1.807) is 0 Å². The molecular formula is C14H19N5O. The molecule has 3 rings (SSSR count). The van der Waals surface area contributed by atoms with E-state index >= 15 is 0 Å². The highest BCUT2D eigenvalue weighted by Crippen LogP contribution is 2.13. The molecule has 0 bridgehead atoms. The van der Waals surface area contributed by atoms with E-state index in [0.29, 0.717) is 13.1 Å². The minimum absolute atomic E-state index is 0.255. The van der Waals surface area contributed by atoms with Crippen LogP contribution in [0.3, 0.4) is 0 Å². The number of aromatic nitrogens is 2. The van der Waals surface area contributed by atoms with Crippen LogP contribution in [0, 0.1) is 6.92 Å². The van der Waals surface area contributed by atoms with Gasteiger partial charge in [0.1, 0.15) is 11.7 Å². The first-order chi connectivity index (χ1) is 9.65. The van der Waals surface area contributed by atoms with E-state index in [-0.39, 0.29) is 11.9 Å². The number of carbonyl (C=O) groups excluding carboxylic acids is 1. The first kappa shape index (κ1) is 13.1. The van der Waals surface area contributed by atoms with Crippen LogP contribution in [-0.2, 0) is 11.3 Å². The lowest BCUT2D eigenvalue weighted by Crippen LogP contribution is -2.56. The maximum Gasteiger partial charge on any atom is 0.236 e. The summed E-state index contributed by atoms with van der Waals surface area (Å²) in [7, 11) is 0. The molecule has 0 spiro atoms. The van der Waals surface area contributed by atoms with E-state index in [4.69, 9.17) is 5.73 Å². The predicted molar refractivity (Wildman–Crippen MR) is 76.2 cm³/mol. The zero-order valence-corrected chi connectivity index (χ0v) is 11.5. The van der Waals surface area contributed by atoms with Crippen molar-refractivity contribution in [2.24, 2.45) is 5.73 Å². The third-order valence-corrected chi connectivity index (χ3v) is 3.78. The number of nitrogens with zero attached hydrogens (tertiary/aromatic N) is 3. The molecule has 1 saturated heterocycles. The number of primary amides is 1. The third-order valence-electron chi connectivity index (χ3n) is 3.78. The number of nitrogens with two attached hydrogens (primary N) is 1. The predicted octanol–water partition coefficient (Wildman–Crippen LogP) is -0.0982. The molecule has 1 atom stereocenters. The Hall–Kier alpha value is -1.92. The van der Waals surface area contributed by atoms with Crippen molar-refractivity contribution in [2.45, 2.75) is 19.5 Å². The molecule has 1 aliphatic heterocycles. The maximum atomic E-state index is 11.5. The summed E-state index contributed by atoms with van der Waals surface area (Å²) in [6.45, 7) is 4.98. The van der Waals surface area contributed by atoms with Gasteiger partial charge in [0.15, 0.2) is 0 Å². The molecule has 1 unspecified atom stereocenters. The summed E-state index contributed by atoms with van der Waals surface area (Å²) < 4.78 is 2.02. The van der Waals surface area contributed by atoms with Gasteiger partial charge in [0.05, 0.1) is 5.69 Å². The molecule has 6 nitrogen and oxygen atoms in total. The van der Waals surface area contributed by atoms with Gasteiger partial charge in [-0.2, -0.15) is 0 Å². The molecular weight excluding hydrogens is 254 g/mol. The molecule has 2 aromatic rings. The van der Waals surface area contributed by atoms with Gasteiger partial charge < -0.3 is 15.5 Å². The second kappa shape index (κ2) is 5.22. The average Bonchev–Trinajstić information content (AvgIpc) is 2.83. The Labute approximate surface area is 117 Å². The normalized spacial score (nSPS) is 20.4. The number of hydrogen-bond acceptors (Lipinski definition) is 4. The molecule has 3 N–H and O–H groups in total. The van der Waals surface area contributed by atoms with E-state index in [1.165, 1.54) is 0 Å². The summed E-state index contributed by atoms with van der Waals surface area (Å²) in [6, 6.07) is 3.79. The summed E-state index contributed by atoms with van der Waals surface area (Å²) in [4.78, 5) is 18.2. The van der Waals surface area contributed by atoms with Crippen LogP contribution in [0.2, 0.25) is 0 Å². The van der Waals surface area contributed by atoms with Gasteiger partial charge in [0, 0.05) is 38.6 Å². The fourth-order valence-electron chi connectivity index (χ4n) is 2.70. The van der Waals surface area contributed by atoms with Gasteiger partial charge in [0.2, 0.25) is 5.91 Å². The number of pyridine rings is 1. The molecule has 0 radical (unpaired) electrons. The lowest BCUT2D eigenvalue weighted by molar-refractivity contribution is -0.124. The first-order valence-corrected chi connectivity index (χ1v) is 6.82. The zero-order valence-electron chi connectivity index (χ0n) is 11.5. The fourth-order valence-corrected chi connectivity index (χ4v) is 2.70. The van der Waals surface area contributed by atoms with E-state index < -0.39 is 0 Å². The fraction of sp³-hybridized carbons (Fsp3) is 0.429. The Bertz CT molecular complexity index is 636. The average molecular weight is 273 g/mol. The number of piperazine rings is 1. The standard InChI is InChI=1S/C14H19N5O/c1-10-3-2-5-19-9-11(17-14(10)19)8-18-6-4-16-7-12(18)13(15)20/h2-3,5,9,12,16H,4,6-8H2,1H3,(H2,15,20). The Balaban J connectivity index is 1.84. The minimum Gasteiger partial charge on any atom is -0.368 e. The summed E-state index contributed by atoms with van der Waals surface area (Å²) >= 11 is 0. The molecule has 0 aromatic carbocycles. The summed E-state index contributed by atoms with van der Waals surface area (Å²) in [5.41, 5.74) is 8.54. The second-order valence-electron chi connectivity index (χ2n) is 5.25. The van der Waals surface area contributed by atoms with Crippen molar-refractivity contribution >= 4 is 11.6 Å². The van der Waals surface area contributed by atoms with Crippen LogP contribution in [0.15, 0.2) is 24.5 Å². The molecule has 6 heteroatoms. The monoisotopic (exact) mass is 273 g/mol. The van der Waals surface area contributed by atoms with Crippen molar-refractivity contribution in [3.05, 3.63) is 35.8 Å². The topological polar surface area (TPSA) is 75.7 Å². The maximum absolute atomic E-state index is 11.5. The minimum atomic E-state index is -0.280. The smallest absolute Gasteiger partial charge is 0.236 e. The van der Waals surface area contributed by atoms with Gasteiger partial charge in [-0.15, -0.1) is 0 Å². The van der Waals surface area contributed by atoms with Gasteiger partial charge in [-0.1, -0.05) is 6.07 Å².